The van der Waals surface area contributed by atoms with E-state index < -0.39 is 0 Å². The SMILES string of the molecule is CCCN1C(=O)C(c2ccc(OC)c(OC)c2)=C(N2CCN(CC)CC2)C1=O. The van der Waals surface area contributed by atoms with Crippen LogP contribution in [0, 0.1) is 0 Å². The van der Waals surface area contributed by atoms with Crippen LogP contribution >= 0.6 is 0 Å². The molecule has 0 aliphatic carbocycles. The number of amides is 2. The van der Waals surface area contributed by atoms with Crippen molar-refractivity contribution in [3.63, 3.8) is 0 Å². The van der Waals surface area contributed by atoms with Crippen molar-refractivity contribution >= 4 is 17.4 Å². The van der Waals surface area contributed by atoms with Crippen LogP contribution in [0.15, 0.2) is 23.9 Å². The number of methoxy groups -OCH3 is 2. The van der Waals surface area contributed by atoms with E-state index in [0.717, 1.165) is 39.1 Å². The number of rotatable bonds is 7. The van der Waals surface area contributed by atoms with Crippen LogP contribution < -0.4 is 9.47 Å². The Morgan fingerprint density at radius 3 is 2.18 bits per heavy atom. The highest BCUT2D eigenvalue weighted by atomic mass is 16.5. The number of hydrogen-bond donors (Lipinski definition) is 0. The molecule has 2 aliphatic rings. The molecule has 0 atom stereocenters. The van der Waals surface area contributed by atoms with Crippen LogP contribution in [-0.2, 0) is 9.59 Å². The molecule has 1 aromatic carbocycles. The fourth-order valence-corrected chi connectivity index (χ4v) is 3.82. The molecule has 7 nitrogen and oxygen atoms in total. The summed E-state index contributed by atoms with van der Waals surface area (Å²) in [6.45, 7) is 8.75. The highest BCUT2D eigenvalue weighted by Crippen LogP contribution is 2.36. The van der Waals surface area contributed by atoms with E-state index in [1.165, 1.54) is 4.90 Å². The molecule has 2 aliphatic heterocycles. The van der Waals surface area contributed by atoms with E-state index in [0.29, 0.717) is 34.9 Å². The minimum Gasteiger partial charge on any atom is -0.493 e. The lowest BCUT2D eigenvalue weighted by Gasteiger charge is -2.36. The zero-order valence-corrected chi connectivity index (χ0v) is 17.2. The molecule has 0 N–H and O–H groups in total. The molecule has 28 heavy (non-hydrogen) atoms. The maximum absolute atomic E-state index is 13.2. The average molecular weight is 387 g/mol. The molecule has 0 unspecified atom stereocenters. The van der Waals surface area contributed by atoms with Crippen LogP contribution in [0.1, 0.15) is 25.8 Å². The van der Waals surface area contributed by atoms with Gasteiger partial charge < -0.3 is 19.3 Å². The van der Waals surface area contributed by atoms with Crippen LogP contribution in [0.5, 0.6) is 11.5 Å². The van der Waals surface area contributed by atoms with E-state index in [-0.39, 0.29) is 11.8 Å². The number of benzene rings is 1. The summed E-state index contributed by atoms with van der Waals surface area (Å²) in [5.74, 6) is 0.706. The maximum Gasteiger partial charge on any atom is 0.277 e. The molecule has 152 valence electrons. The summed E-state index contributed by atoms with van der Waals surface area (Å²) >= 11 is 0. The molecule has 1 aromatic rings. The number of piperazine rings is 1. The third-order valence-electron chi connectivity index (χ3n) is 5.40. The smallest absolute Gasteiger partial charge is 0.277 e. The van der Waals surface area contributed by atoms with Gasteiger partial charge in [0, 0.05) is 32.7 Å². The van der Waals surface area contributed by atoms with E-state index in [2.05, 4.69) is 16.7 Å². The number of imide groups is 1. The number of ether oxygens (including phenoxy) is 2. The van der Waals surface area contributed by atoms with Gasteiger partial charge in [-0.3, -0.25) is 14.5 Å². The second kappa shape index (κ2) is 8.65. The number of carbonyl (C=O) groups excluding carboxylic acids is 2. The molecule has 1 fully saturated rings. The number of carbonyl (C=O) groups is 2. The topological polar surface area (TPSA) is 62.3 Å². The zero-order valence-electron chi connectivity index (χ0n) is 17.2. The van der Waals surface area contributed by atoms with Gasteiger partial charge in [0.15, 0.2) is 11.5 Å². The van der Waals surface area contributed by atoms with E-state index in [4.69, 9.17) is 9.47 Å². The summed E-state index contributed by atoms with van der Waals surface area (Å²) in [5, 5.41) is 0. The molecular weight excluding hydrogens is 358 g/mol. The van der Waals surface area contributed by atoms with E-state index in [1.807, 2.05) is 13.0 Å². The Labute approximate surface area is 166 Å². The number of hydrogen-bond acceptors (Lipinski definition) is 6. The van der Waals surface area contributed by atoms with Gasteiger partial charge >= 0.3 is 0 Å². The first-order valence-electron chi connectivity index (χ1n) is 9.85. The van der Waals surface area contributed by atoms with E-state index in [1.54, 1.807) is 26.4 Å². The fraction of sp³-hybridized carbons (Fsp3) is 0.524. The molecule has 1 saturated heterocycles. The van der Waals surface area contributed by atoms with Gasteiger partial charge in [-0.15, -0.1) is 0 Å². The fourth-order valence-electron chi connectivity index (χ4n) is 3.82. The zero-order chi connectivity index (χ0) is 20.3. The quantitative estimate of drug-likeness (QED) is 0.666. The Bertz CT molecular complexity index is 782. The van der Waals surface area contributed by atoms with Crippen molar-refractivity contribution in [2.45, 2.75) is 20.3 Å². The van der Waals surface area contributed by atoms with Crippen LogP contribution in [-0.4, -0.2) is 80.0 Å². The summed E-state index contributed by atoms with van der Waals surface area (Å²) in [6.07, 6.45) is 0.730. The summed E-state index contributed by atoms with van der Waals surface area (Å²) in [4.78, 5) is 32.1. The number of nitrogens with zero attached hydrogens (tertiary/aromatic N) is 3. The Kier molecular flexibility index (Phi) is 6.24. The van der Waals surface area contributed by atoms with Gasteiger partial charge in [-0.25, -0.2) is 0 Å². The normalized spacial score (nSPS) is 18.3. The van der Waals surface area contributed by atoms with Gasteiger partial charge in [-0.05, 0) is 30.7 Å². The van der Waals surface area contributed by atoms with Crippen molar-refractivity contribution < 1.29 is 19.1 Å². The van der Waals surface area contributed by atoms with Crippen molar-refractivity contribution in [1.82, 2.24) is 14.7 Å². The van der Waals surface area contributed by atoms with Crippen LogP contribution in [0.3, 0.4) is 0 Å². The standard InChI is InChI=1S/C21H29N3O4/c1-5-9-24-20(25)18(15-7-8-16(27-3)17(14-15)28-4)19(21(24)26)23-12-10-22(6-2)11-13-23/h7-8,14H,5-6,9-13H2,1-4H3. The summed E-state index contributed by atoms with van der Waals surface area (Å²) in [7, 11) is 3.13. The predicted octanol–water partition coefficient (Wildman–Crippen LogP) is 1.83. The molecule has 2 amide bonds. The highest BCUT2D eigenvalue weighted by Gasteiger charge is 2.41. The van der Waals surface area contributed by atoms with Gasteiger partial charge in [-0.2, -0.15) is 0 Å². The van der Waals surface area contributed by atoms with Gasteiger partial charge in [0.2, 0.25) is 0 Å². The van der Waals surface area contributed by atoms with Crippen molar-refractivity contribution in [2.75, 3.05) is 53.5 Å². The largest absolute Gasteiger partial charge is 0.493 e. The summed E-state index contributed by atoms with van der Waals surface area (Å²) in [6, 6.07) is 5.37. The van der Waals surface area contributed by atoms with E-state index in [9.17, 15) is 9.59 Å². The maximum atomic E-state index is 13.2. The van der Waals surface area contributed by atoms with Crippen molar-refractivity contribution in [3.8, 4) is 11.5 Å². The van der Waals surface area contributed by atoms with Crippen LogP contribution in [0.4, 0.5) is 0 Å². The van der Waals surface area contributed by atoms with Gasteiger partial charge in [-0.1, -0.05) is 19.9 Å². The molecule has 7 heteroatoms. The van der Waals surface area contributed by atoms with Gasteiger partial charge in [0.1, 0.15) is 5.70 Å². The lowest BCUT2D eigenvalue weighted by atomic mass is 10.0. The van der Waals surface area contributed by atoms with Crippen molar-refractivity contribution in [3.05, 3.63) is 29.5 Å². The minimum absolute atomic E-state index is 0.193. The first kappa shape index (κ1) is 20.2. The molecule has 0 bridgehead atoms. The molecule has 0 aromatic heterocycles. The van der Waals surface area contributed by atoms with Crippen LogP contribution in [0.25, 0.3) is 5.57 Å². The summed E-state index contributed by atoms with van der Waals surface area (Å²) in [5.41, 5.74) is 1.66. The molecule has 2 heterocycles. The first-order valence-corrected chi connectivity index (χ1v) is 9.85. The lowest BCUT2D eigenvalue weighted by molar-refractivity contribution is -0.137. The molecular formula is C21H29N3O4. The third-order valence-corrected chi connectivity index (χ3v) is 5.40. The van der Waals surface area contributed by atoms with Crippen molar-refractivity contribution in [2.24, 2.45) is 0 Å². The highest BCUT2D eigenvalue weighted by molar-refractivity contribution is 6.35. The van der Waals surface area contributed by atoms with Gasteiger partial charge in [0.05, 0.1) is 19.8 Å². The second-order valence-electron chi connectivity index (χ2n) is 6.98. The molecule has 0 radical (unpaired) electrons. The Morgan fingerprint density at radius 2 is 1.61 bits per heavy atom. The van der Waals surface area contributed by atoms with Crippen LogP contribution in [0.2, 0.25) is 0 Å². The Morgan fingerprint density at radius 1 is 0.929 bits per heavy atom. The van der Waals surface area contributed by atoms with E-state index >= 15 is 0 Å². The van der Waals surface area contributed by atoms with Crippen molar-refractivity contribution in [1.29, 1.82) is 0 Å². The number of likely N-dealkylation sites (N-methyl/N-ethyl adjacent to an activating group) is 1. The molecule has 3 rings (SSSR count). The second-order valence-corrected chi connectivity index (χ2v) is 6.98. The molecule has 0 spiro atoms. The van der Waals surface area contributed by atoms with Gasteiger partial charge in [0.25, 0.3) is 11.8 Å². The minimum atomic E-state index is -0.230. The average Bonchev–Trinajstić information content (AvgIpc) is 2.98. The first-order chi connectivity index (χ1) is 13.5. The monoisotopic (exact) mass is 387 g/mol. The summed E-state index contributed by atoms with van der Waals surface area (Å²) < 4.78 is 10.7. The lowest BCUT2D eigenvalue weighted by Crippen LogP contribution is -2.47. The third kappa shape index (κ3) is 3.58. The Hall–Kier alpha value is -2.54. The Balaban J connectivity index is 2.05. The predicted molar refractivity (Wildman–Crippen MR) is 107 cm³/mol. The molecule has 0 saturated carbocycles.